The Morgan fingerprint density at radius 3 is 2.81 bits per heavy atom. The van der Waals surface area contributed by atoms with E-state index in [-0.39, 0.29) is 5.88 Å². The fourth-order valence-electron chi connectivity index (χ4n) is 1.51. The number of ether oxygens (including phenoxy) is 2. The molecule has 1 aromatic carbocycles. The van der Waals surface area contributed by atoms with Crippen molar-refractivity contribution in [3.8, 4) is 5.75 Å². The zero-order valence-corrected chi connectivity index (χ0v) is 8.64. The molecule has 1 aliphatic heterocycles. The third-order valence-corrected chi connectivity index (χ3v) is 2.35. The number of carbonyl (C=O) groups excluding carboxylic acids is 1. The number of ketones is 1. The molecular formula is C11H11NO4. The largest absolute Gasteiger partial charge is 0.501 e. The summed E-state index contributed by atoms with van der Waals surface area (Å²) in [4.78, 5) is 11.6. The number of carbonyl (C=O) groups is 1. The Balaban J connectivity index is 2.30. The molecule has 0 bridgehead atoms. The van der Waals surface area contributed by atoms with E-state index in [1.807, 2.05) is 0 Å². The van der Waals surface area contributed by atoms with E-state index < -0.39 is 17.6 Å². The van der Waals surface area contributed by atoms with E-state index in [4.69, 9.17) is 15.2 Å². The first-order chi connectivity index (χ1) is 7.63. The van der Waals surface area contributed by atoms with Crippen LogP contribution in [-0.4, -0.2) is 18.0 Å². The lowest BCUT2D eigenvalue weighted by molar-refractivity contribution is -0.123. The molecule has 1 aliphatic rings. The van der Waals surface area contributed by atoms with Crippen molar-refractivity contribution in [3.63, 3.8) is 0 Å². The SMILES string of the molecule is COc1cccc([C@H]2OC(N)=C(O)C2=O)c1. The molecule has 5 heteroatoms. The van der Waals surface area contributed by atoms with Crippen molar-refractivity contribution in [1.29, 1.82) is 0 Å². The molecule has 0 fully saturated rings. The molecule has 3 N–H and O–H groups in total. The predicted molar refractivity (Wildman–Crippen MR) is 55.7 cm³/mol. The number of hydrogen-bond donors (Lipinski definition) is 2. The van der Waals surface area contributed by atoms with Gasteiger partial charge < -0.3 is 20.3 Å². The monoisotopic (exact) mass is 221 g/mol. The lowest BCUT2D eigenvalue weighted by Crippen LogP contribution is -2.09. The van der Waals surface area contributed by atoms with Gasteiger partial charge in [0.15, 0.2) is 6.10 Å². The molecule has 0 aromatic heterocycles. The summed E-state index contributed by atoms with van der Waals surface area (Å²) < 4.78 is 10.1. The van der Waals surface area contributed by atoms with Gasteiger partial charge >= 0.3 is 0 Å². The van der Waals surface area contributed by atoms with E-state index in [0.29, 0.717) is 11.3 Å². The average Bonchev–Trinajstić information content (AvgIpc) is 2.57. The van der Waals surface area contributed by atoms with Crippen LogP contribution in [0.4, 0.5) is 0 Å². The Kier molecular flexibility index (Phi) is 2.44. The topological polar surface area (TPSA) is 81.8 Å². The zero-order valence-electron chi connectivity index (χ0n) is 8.64. The van der Waals surface area contributed by atoms with Crippen LogP contribution in [0.5, 0.6) is 5.75 Å². The highest BCUT2D eigenvalue weighted by molar-refractivity contribution is 5.99. The molecular weight excluding hydrogens is 210 g/mol. The van der Waals surface area contributed by atoms with Gasteiger partial charge in [-0.25, -0.2) is 0 Å². The van der Waals surface area contributed by atoms with Crippen molar-refractivity contribution in [2.75, 3.05) is 7.11 Å². The average molecular weight is 221 g/mol. The Hall–Kier alpha value is -2.17. The Morgan fingerprint density at radius 1 is 1.50 bits per heavy atom. The molecule has 0 spiro atoms. The summed E-state index contributed by atoms with van der Waals surface area (Å²) in [5, 5.41) is 9.27. The summed E-state index contributed by atoms with van der Waals surface area (Å²) in [6, 6.07) is 6.85. The van der Waals surface area contributed by atoms with Gasteiger partial charge in [-0.3, -0.25) is 4.79 Å². The van der Waals surface area contributed by atoms with Crippen LogP contribution < -0.4 is 10.5 Å². The molecule has 0 saturated carbocycles. The van der Waals surface area contributed by atoms with Crippen LogP contribution in [0.25, 0.3) is 0 Å². The summed E-state index contributed by atoms with van der Waals surface area (Å²) >= 11 is 0. The molecule has 0 unspecified atom stereocenters. The first kappa shape index (κ1) is 10.4. The van der Waals surface area contributed by atoms with Crippen molar-refractivity contribution in [2.24, 2.45) is 5.73 Å². The van der Waals surface area contributed by atoms with Gasteiger partial charge in [-0.2, -0.15) is 0 Å². The molecule has 2 rings (SSSR count). The number of hydrogen-bond acceptors (Lipinski definition) is 5. The maximum atomic E-state index is 11.6. The van der Waals surface area contributed by atoms with Crippen molar-refractivity contribution in [2.45, 2.75) is 6.10 Å². The Labute approximate surface area is 92.1 Å². The molecule has 1 heterocycles. The highest BCUT2D eigenvalue weighted by Crippen LogP contribution is 2.31. The highest BCUT2D eigenvalue weighted by Gasteiger charge is 2.35. The van der Waals surface area contributed by atoms with Gasteiger partial charge in [-0.15, -0.1) is 0 Å². The minimum absolute atomic E-state index is 0.238. The molecule has 0 radical (unpaired) electrons. The number of benzene rings is 1. The number of aliphatic hydroxyl groups excluding tert-OH is 1. The van der Waals surface area contributed by atoms with Crippen molar-refractivity contribution >= 4 is 5.78 Å². The van der Waals surface area contributed by atoms with Gasteiger partial charge in [-0.1, -0.05) is 12.1 Å². The van der Waals surface area contributed by atoms with E-state index >= 15 is 0 Å². The van der Waals surface area contributed by atoms with Crippen molar-refractivity contribution in [3.05, 3.63) is 41.5 Å². The van der Waals surface area contributed by atoms with Gasteiger partial charge in [0, 0.05) is 5.56 Å². The van der Waals surface area contributed by atoms with Crippen LogP contribution in [-0.2, 0) is 9.53 Å². The summed E-state index contributed by atoms with van der Waals surface area (Å²) in [6.45, 7) is 0. The van der Waals surface area contributed by atoms with Crippen LogP contribution in [0, 0.1) is 0 Å². The highest BCUT2D eigenvalue weighted by atomic mass is 16.5. The maximum Gasteiger partial charge on any atom is 0.247 e. The van der Waals surface area contributed by atoms with Crippen LogP contribution in [0.1, 0.15) is 11.7 Å². The zero-order chi connectivity index (χ0) is 11.7. The predicted octanol–water partition coefficient (Wildman–Crippen LogP) is 1.02. The smallest absolute Gasteiger partial charge is 0.247 e. The van der Waals surface area contributed by atoms with E-state index in [2.05, 4.69) is 0 Å². The van der Waals surface area contributed by atoms with Gasteiger partial charge in [0.05, 0.1) is 7.11 Å². The third-order valence-electron chi connectivity index (χ3n) is 2.35. The molecule has 5 nitrogen and oxygen atoms in total. The lowest BCUT2D eigenvalue weighted by Gasteiger charge is -2.10. The summed E-state index contributed by atoms with van der Waals surface area (Å²) in [5.74, 6) is -0.685. The first-order valence-corrected chi connectivity index (χ1v) is 4.67. The first-order valence-electron chi connectivity index (χ1n) is 4.67. The minimum atomic E-state index is -0.880. The Bertz CT molecular complexity index is 467. The van der Waals surface area contributed by atoms with E-state index in [1.165, 1.54) is 7.11 Å². The van der Waals surface area contributed by atoms with E-state index in [0.717, 1.165) is 0 Å². The molecule has 1 aromatic rings. The van der Waals surface area contributed by atoms with Gasteiger partial charge in [-0.05, 0) is 12.1 Å². The molecule has 1 atom stereocenters. The molecule has 0 saturated heterocycles. The van der Waals surface area contributed by atoms with E-state index in [1.54, 1.807) is 24.3 Å². The quantitative estimate of drug-likeness (QED) is 0.779. The lowest BCUT2D eigenvalue weighted by atomic mass is 10.1. The van der Waals surface area contributed by atoms with Crippen LogP contribution in [0.3, 0.4) is 0 Å². The molecule has 16 heavy (non-hydrogen) atoms. The summed E-state index contributed by atoms with van der Waals surface area (Å²) in [5.41, 5.74) is 5.92. The van der Waals surface area contributed by atoms with Crippen molar-refractivity contribution < 1.29 is 19.4 Å². The fraction of sp³-hybridized carbons (Fsp3) is 0.182. The van der Waals surface area contributed by atoms with Crippen LogP contribution >= 0.6 is 0 Å². The van der Waals surface area contributed by atoms with Crippen molar-refractivity contribution in [1.82, 2.24) is 0 Å². The van der Waals surface area contributed by atoms with Gasteiger partial charge in [0.25, 0.3) is 0 Å². The van der Waals surface area contributed by atoms with Gasteiger partial charge in [0.2, 0.25) is 17.4 Å². The number of aliphatic hydroxyl groups is 1. The van der Waals surface area contributed by atoms with Crippen LogP contribution in [0.2, 0.25) is 0 Å². The maximum absolute atomic E-state index is 11.6. The second-order valence-electron chi connectivity index (χ2n) is 3.35. The number of rotatable bonds is 2. The van der Waals surface area contributed by atoms with E-state index in [9.17, 15) is 9.90 Å². The Morgan fingerprint density at radius 2 is 2.25 bits per heavy atom. The standard InChI is InChI=1S/C11H11NO4/c1-15-7-4-2-3-6(5-7)10-8(13)9(14)11(12)16-10/h2-5,10,14H,12H2,1H3/t10-/m1/s1. The van der Waals surface area contributed by atoms with Crippen LogP contribution in [0.15, 0.2) is 35.9 Å². The molecule has 84 valence electrons. The molecule has 0 aliphatic carbocycles. The number of nitrogens with two attached hydrogens (primary N) is 1. The number of Topliss-reactive ketones (excluding diaryl/α,β-unsaturated/α-hetero) is 1. The second-order valence-corrected chi connectivity index (χ2v) is 3.35. The normalized spacial score (nSPS) is 19.8. The minimum Gasteiger partial charge on any atom is -0.501 e. The third kappa shape index (κ3) is 1.56. The fourth-order valence-corrected chi connectivity index (χ4v) is 1.51. The summed E-state index contributed by atoms with van der Waals surface area (Å²) in [6.07, 6.45) is -0.880. The molecule has 0 amide bonds. The summed E-state index contributed by atoms with van der Waals surface area (Å²) in [7, 11) is 1.53. The second kappa shape index (κ2) is 3.77. The number of methoxy groups -OCH3 is 1. The van der Waals surface area contributed by atoms with Gasteiger partial charge in [0.1, 0.15) is 5.75 Å².